The number of imidazole rings is 1. The van der Waals surface area contributed by atoms with Gasteiger partial charge in [0.25, 0.3) is 5.56 Å². The Morgan fingerprint density at radius 3 is 2.63 bits per heavy atom. The summed E-state index contributed by atoms with van der Waals surface area (Å²) in [6, 6.07) is 8.97. The summed E-state index contributed by atoms with van der Waals surface area (Å²) < 4.78 is 3.43. The Kier molecular flexibility index (Phi) is 5.09. The number of fused-ring (bicyclic) bond motifs is 1. The van der Waals surface area contributed by atoms with E-state index in [-0.39, 0.29) is 11.6 Å². The fraction of sp³-hybridized carbons (Fsp3) is 0.238. The Bertz CT molecular complexity index is 1270. The van der Waals surface area contributed by atoms with Crippen molar-refractivity contribution in [2.24, 2.45) is 0 Å². The number of aryl methyl sites for hydroxylation is 1. The topological polar surface area (TPSA) is 110 Å². The minimum Gasteiger partial charge on any atom is -0.338 e. The monoisotopic (exact) mass is 405 g/mol. The number of hydrogen-bond donors (Lipinski definition) is 3. The highest BCUT2D eigenvalue weighted by Crippen LogP contribution is 2.29. The second kappa shape index (κ2) is 7.86. The lowest BCUT2D eigenvalue weighted by Crippen LogP contribution is -2.28. The number of aromatic amines is 1. The normalized spacial score (nSPS) is 11.0. The van der Waals surface area contributed by atoms with Crippen LogP contribution in [0.15, 0.2) is 47.5 Å². The van der Waals surface area contributed by atoms with Gasteiger partial charge in [0.05, 0.1) is 11.2 Å². The summed E-state index contributed by atoms with van der Waals surface area (Å²) in [5.74, 6) is 0.332. The number of carbonyl (C=O) groups excluding carboxylic acids is 1. The number of anilines is 1. The number of benzene rings is 1. The molecule has 0 atom stereocenters. The molecule has 9 nitrogen and oxygen atoms in total. The Morgan fingerprint density at radius 1 is 1.17 bits per heavy atom. The number of H-pyrrole nitrogens is 1. The molecule has 0 aliphatic heterocycles. The summed E-state index contributed by atoms with van der Waals surface area (Å²) in [6.07, 6.45) is 3.51. The molecule has 0 saturated carbocycles. The molecule has 0 radical (unpaired) electrons. The number of urea groups is 1. The third-order valence-corrected chi connectivity index (χ3v) is 4.87. The summed E-state index contributed by atoms with van der Waals surface area (Å²) in [5, 5.41) is 9.70. The molecule has 0 aliphatic carbocycles. The summed E-state index contributed by atoms with van der Waals surface area (Å²) in [5.41, 5.74) is 4.63. The SMILES string of the molecule is CCNC(=O)Nc1nc2c(-n3cccn3)cc(-c3cc(C)n(CC)c(=O)c3)cc2[nH]1. The van der Waals surface area contributed by atoms with Crippen LogP contribution < -0.4 is 16.2 Å². The van der Waals surface area contributed by atoms with Crippen molar-refractivity contribution in [1.82, 2.24) is 29.6 Å². The Balaban J connectivity index is 1.88. The van der Waals surface area contributed by atoms with Crippen LogP contribution in [-0.4, -0.2) is 36.9 Å². The second-order valence-corrected chi connectivity index (χ2v) is 6.88. The summed E-state index contributed by atoms with van der Waals surface area (Å²) in [6.45, 7) is 6.85. The van der Waals surface area contributed by atoms with Gasteiger partial charge in [-0.2, -0.15) is 5.10 Å². The number of nitrogens with one attached hydrogen (secondary N) is 3. The molecule has 2 amide bonds. The summed E-state index contributed by atoms with van der Waals surface area (Å²) in [7, 11) is 0. The minimum atomic E-state index is -0.337. The van der Waals surface area contributed by atoms with Crippen LogP contribution in [0.2, 0.25) is 0 Å². The molecule has 0 fully saturated rings. The zero-order valence-electron chi connectivity index (χ0n) is 17.1. The molecule has 154 valence electrons. The second-order valence-electron chi connectivity index (χ2n) is 6.88. The van der Waals surface area contributed by atoms with Crippen LogP contribution >= 0.6 is 0 Å². The fourth-order valence-corrected chi connectivity index (χ4v) is 3.52. The predicted octanol–water partition coefficient (Wildman–Crippen LogP) is 3.05. The predicted molar refractivity (Wildman–Crippen MR) is 116 cm³/mol. The molecular weight excluding hydrogens is 382 g/mol. The third-order valence-electron chi connectivity index (χ3n) is 4.87. The van der Waals surface area contributed by atoms with E-state index in [4.69, 9.17) is 0 Å². The Morgan fingerprint density at radius 2 is 1.97 bits per heavy atom. The van der Waals surface area contributed by atoms with Gasteiger partial charge in [0.15, 0.2) is 0 Å². The lowest BCUT2D eigenvalue weighted by atomic mass is 10.0. The highest BCUT2D eigenvalue weighted by Gasteiger charge is 2.15. The quantitative estimate of drug-likeness (QED) is 0.474. The zero-order valence-corrected chi connectivity index (χ0v) is 17.1. The van der Waals surface area contributed by atoms with Gasteiger partial charge in [-0.3, -0.25) is 10.1 Å². The van der Waals surface area contributed by atoms with Gasteiger partial charge in [-0.25, -0.2) is 14.5 Å². The first-order chi connectivity index (χ1) is 14.5. The van der Waals surface area contributed by atoms with E-state index in [1.54, 1.807) is 21.5 Å². The highest BCUT2D eigenvalue weighted by molar-refractivity contribution is 5.94. The smallest absolute Gasteiger partial charge is 0.321 e. The van der Waals surface area contributed by atoms with Crippen LogP contribution in [0.4, 0.5) is 10.7 Å². The number of rotatable bonds is 5. The van der Waals surface area contributed by atoms with E-state index in [9.17, 15) is 9.59 Å². The number of amides is 2. The lowest BCUT2D eigenvalue weighted by Gasteiger charge is -2.11. The number of hydrogen-bond acceptors (Lipinski definition) is 4. The third kappa shape index (κ3) is 3.57. The van der Waals surface area contributed by atoms with Crippen molar-refractivity contribution in [3.05, 3.63) is 58.8 Å². The van der Waals surface area contributed by atoms with Crippen LogP contribution in [0.25, 0.3) is 27.8 Å². The fourth-order valence-electron chi connectivity index (χ4n) is 3.52. The molecule has 0 unspecified atom stereocenters. The van der Waals surface area contributed by atoms with E-state index in [2.05, 4.69) is 25.7 Å². The first kappa shape index (κ1) is 19.4. The number of pyridine rings is 1. The molecule has 1 aromatic carbocycles. The van der Waals surface area contributed by atoms with Crippen LogP contribution in [0.1, 0.15) is 19.5 Å². The average Bonchev–Trinajstić information content (AvgIpc) is 3.36. The van der Waals surface area contributed by atoms with Gasteiger partial charge >= 0.3 is 6.03 Å². The molecule has 3 heterocycles. The van der Waals surface area contributed by atoms with Gasteiger partial charge in [-0.05, 0) is 56.2 Å². The summed E-state index contributed by atoms with van der Waals surface area (Å²) >= 11 is 0. The van der Waals surface area contributed by atoms with Crippen LogP contribution in [0.3, 0.4) is 0 Å². The van der Waals surface area contributed by atoms with Crippen molar-refractivity contribution >= 4 is 23.0 Å². The molecule has 3 N–H and O–H groups in total. The average molecular weight is 405 g/mol. The van der Waals surface area contributed by atoms with Gasteiger partial charge in [0.2, 0.25) is 5.95 Å². The maximum atomic E-state index is 12.5. The molecule has 3 aromatic heterocycles. The van der Waals surface area contributed by atoms with Crippen molar-refractivity contribution in [1.29, 1.82) is 0 Å². The molecule has 30 heavy (non-hydrogen) atoms. The molecule has 0 bridgehead atoms. The van der Waals surface area contributed by atoms with Crippen molar-refractivity contribution in [3.8, 4) is 16.8 Å². The standard InChI is InChI=1S/C21H23N7O2/c1-4-22-21(30)26-20-24-16-10-15(14-9-13(3)27(5-2)18(29)12-14)11-17(19(16)25-20)28-8-6-7-23-28/h6-12H,4-5H2,1-3H3,(H3,22,24,25,26,30). The van der Waals surface area contributed by atoms with E-state index < -0.39 is 0 Å². The maximum absolute atomic E-state index is 12.5. The van der Waals surface area contributed by atoms with Gasteiger partial charge in [-0.1, -0.05) is 0 Å². The van der Waals surface area contributed by atoms with E-state index in [0.29, 0.717) is 24.6 Å². The highest BCUT2D eigenvalue weighted by atomic mass is 16.2. The molecule has 0 saturated heterocycles. The van der Waals surface area contributed by atoms with E-state index in [1.807, 2.05) is 51.2 Å². The Labute approximate surface area is 172 Å². The van der Waals surface area contributed by atoms with E-state index in [1.165, 1.54) is 0 Å². The molecule has 4 rings (SSSR count). The first-order valence-electron chi connectivity index (χ1n) is 9.80. The van der Waals surface area contributed by atoms with E-state index >= 15 is 0 Å². The van der Waals surface area contributed by atoms with Crippen LogP contribution in [-0.2, 0) is 6.54 Å². The van der Waals surface area contributed by atoms with Gasteiger partial charge in [-0.15, -0.1) is 0 Å². The maximum Gasteiger partial charge on any atom is 0.321 e. The Hall–Kier alpha value is -3.88. The first-order valence-corrected chi connectivity index (χ1v) is 9.80. The number of nitrogens with zero attached hydrogens (tertiary/aromatic N) is 4. The number of aromatic nitrogens is 5. The lowest BCUT2D eigenvalue weighted by molar-refractivity contribution is 0.252. The molecule has 4 aromatic rings. The van der Waals surface area contributed by atoms with Gasteiger partial charge in [0, 0.05) is 37.2 Å². The number of carbonyl (C=O) groups is 1. The van der Waals surface area contributed by atoms with E-state index in [0.717, 1.165) is 28.0 Å². The molecule has 9 heteroatoms. The van der Waals surface area contributed by atoms with Crippen molar-refractivity contribution in [2.45, 2.75) is 27.3 Å². The minimum absolute atomic E-state index is 0.0450. The molecule has 0 aliphatic rings. The van der Waals surface area contributed by atoms with Crippen LogP contribution in [0.5, 0.6) is 0 Å². The van der Waals surface area contributed by atoms with Crippen molar-refractivity contribution in [3.63, 3.8) is 0 Å². The molecular formula is C21H23N7O2. The van der Waals surface area contributed by atoms with Gasteiger partial charge < -0.3 is 14.9 Å². The van der Waals surface area contributed by atoms with Crippen LogP contribution in [0, 0.1) is 6.92 Å². The summed E-state index contributed by atoms with van der Waals surface area (Å²) in [4.78, 5) is 32.1. The van der Waals surface area contributed by atoms with Crippen molar-refractivity contribution < 1.29 is 4.79 Å². The molecule has 0 spiro atoms. The van der Waals surface area contributed by atoms with Gasteiger partial charge in [0.1, 0.15) is 5.52 Å². The zero-order chi connectivity index (χ0) is 21.3. The largest absolute Gasteiger partial charge is 0.338 e. The van der Waals surface area contributed by atoms with Crippen molar-refractivity contribution in [2.75, 3.05) is 11.9 Å².